The summed E-state index contributed by atoms with van der Waals surface area (Å²) in [6.07, 6.45) is 0. The number of benzene rings is 2. The maximum absolute atomic E-state index is 14.1. The fourth-order valence-electron chi connectivity index (χ4n) is 3.37. The van der Waals surface area contributed by atoms with E-state index < -0.39 is 36.7 Å². The van der Waals surface area contributed by atoms with Gasteiger partial charge in [0.1, 0.15) is 16.5 Å². The molecular weight excluding hydrogens is 473 g/mol. The van der Waals surface area contributed by atoms with Gasteiger partial charge in [0.2, 0.25) is 20.0 Å². The highest BCUT2D eigenvalue weighted by Crippen LogP contribution is 2.23. The van der Waals surface area contributed by atoms with Crippen LogP contribution in [0.4, 0.5) is 4.39 Å². The van der Waals surface area contributed by atoms with E-state index in [-0.39, 0.29) is 36.6 Å². The highest BCUT2D eigenvalue weighted by Gasteiger charge is 2.31. The van der Waals surface area contributed by atoms with Gasteiger partial charge in [-0.25, -0.2) is 25.5 Å². The van der Waals surface area contributed by atoms with E-state index in [9.17, 15) is 26.0 Å². The van der Waals surface area contributed by atoms with E-state index in [1.165, 1.54) is 41.5 Å². The van der Waals surface area contributed by atoms with E-state index in [4.69, 9.17) is 4.74 Å². The number of carbonyl (C=O) groups is 1. The van der Waals surface area contributed by atoms with Gasteiger partial charge in [-0.1, -0.05) is 0 Å². The summed E-state index contributed by atoms with van der Waals surface area (Å²) < 4.78 is 72.1. The maximum atomic E-state index is 14.1. The Morgan fingerprint density at radius 3 is 2.15 bits per heavy atom. The molecule has 1 fully saturated rings. The van der Waals surface area contributed by atoms with E-state index in [1.807, 2.05) is 6.92 Å². The molecule has 0 aliphatic carbocycles. The topological polar surface area (TPSA) is 104 Å². The fourth-order valence-corrected chi connectivity index (χ4v) is 5.77. The van der Waals surface area contributed by atoms with E-state index in [2.05, 4.69) is 0 Å². The Morgan fingerprint density at radius 1 is 1.00 bits per heavy atom. The summed E-state index contributed by atoms with van der Waals surface area (Å²) in [5.41, 5.74) is 0.0136. The molecule has 180 valence electrons. The molecule has 0 N–H and O–H groups in total. The highest BCUT2D eigenvalue weighted by atomic mass is 32.2. The van der Waals surface area contributed by atoms with Crippen LogP contribution in [-0.2, 0) is 20.0 Å². The van der Waals surface area contributed by atoms with E-state index >= 15 is 0 Å². The number of halogens is 1. The van der Waals surface area contributed by atoms with Crippen molar-refractivity contribution in [2.45, 2.75) is 16.7 Å². The molecule has 0 radical (unpaired) electrons. The minimum absolute atomic E-state index is 0.0136. The van der Waals surface area contributed by atoms with Crippen molar-refractivity contribution in [2.75, 3.05) is 46.9 Å². The molecule has 0 unspecified atom stereocenters. The number of piperazine rings is 1. The standard InChI is InChI=1S/C21H26FN3O6S2/c1-4-31-17-6-8-18(9-7-17)32(27,28)25-13-11-24(12-14-25)21(26)16-5-10-19(22)20(15-16)33(29,30)23(2)3/h5-10,15H,4,11-14H2,1-3H3. The molecule has 1 heterocycles. The van der Waals surface area contributed by atoms with Crippen LogP contribution in [0.15, 0.2) is 52.3 Å². The van der Waals surface area contributed by atoms with Crippen LogP contribution in [0, 0.1) is 5.82 Å². The SMILES string of the molecule is CCOc1ccc(S(=O)(=O)N2CCN(C(=O)c3ccc(F)c(S(=O)(=O)N(C)C)c3)CC2)cc1. The molecule has 0 saturated carbocycles. The minimum Gasteiger partial charge on any atom is -0.494 e. The Hall–Kier alpha value is -2.54. The monoisotopic (exact) mass is 499 g/mol. The number of ether oxygens (including phenoxy) is 1. The van der Waals surface area contributed by atoms with Crippen molar-refractivity contribution < 1.29 is 30.8 Å². The van der Waals surface area contributed by atoms with Crippen LogP contribution in [0.2, 0.25) is 0 Å². The molecule has 1 amide bonds. The average Bonchev–Trinajstić information content (AvgIpc) is 2.79. The number of carbonyl (C=O) groups excluding carboxylic acids is 1. The van der Waals surface area contributed by atoms with Crippen molar-refractivity contribution in [3.63, 3.8) is 0 Å². The summed E-state index contributed by atoms with van der Waals surface area (Å²) >= 11 is 0. The minimum atomic E-state index is -4.07. The second-order valence-corrected chi connectivity index (χ2v) is 11.6. The molecule has 33 heavy (non-hydrogen) atoms. The third-order valence-corrected chi connectivity index (χ3v) is 8.98. The Morgan fingerprint density at radius 2 is 1.61 bits per heavy atom. The first-order chi connectivity index (χ1) is 15.5. The molecule has 1 aliphatic heterocycles. The summed E-state index contributed by atoms with van der Waals surface area (Å²) in [6, 6.07) is 9.29. The summed E-state index contributed by atoms with van der Waals surface area (Å²) in [4.78, 5) is 13.9. The van der Waals surface area contributed by atoms with Crippen LogP contribution in [0.3, 0.4) is 0 Å². The number of hydrogen-bond acceptors (Lipinski definition) is 6. The van der Waals surface area contributed by atoms with Gasteiger partial charge in [0.25, 0.3) is 5.91 Å². The summed E-state index contributed by atoms with van der Waals surface area (Å²) in [6.45, 7) is 2.68. The van der Waals surface area contributed by atoms with Crippen LogP contribution >= 0.6 is 0 Å². The lowest BCUT2D eigenvalue weighted by Crippen LogP contribution is -2.50. The van der Waals surface area contributed by atoms with Crippen molar-refractivity contribution in [3.05, 3.63) is 53.8 Å². The average molecular weight is 500 g/mol. The van der Waals surface area contributed by atoms with Crippen LogP contribution in [0.1, 0.15) is 17.3 Å². The summed E-state index contributed by atoms with van der Waals surface area (Å²) in [7, 11) is -5.27. The van der Waals surface area contributed by atoms with Crippen LogP contribution in [0.5, 0.6) is 5.75 Å². The normalized spacial score (nSPS) is 15.6. The first-order valence-electron chi connectivity index (χ1n) is 10.2. The zero-order valence-corrected chi connectivity index (χ0v) is 20.2. The predicted molar refractivity (Wildman–Crippen MR) is 120 cm³/mol. The molecule has 2 aromatic carbocycles. The van der Waals surface area contributed by atoms with Crippen LogP contribution < -0.4 is 4.74 Å². The van der Waals surface area contributed by atoms with E-state index in [1.54, 1.807) is 12.1 Å². The molecule has 12 heteroatoms. The second-order valence-electron chi connectivity index (χ2n) is 7.53. The summed E-state index contributed by atoms with van der Waals surface area (Å²) in [5, 5.41) is 0. The number of nitrogens with zero attached hydrogens (tertiary/aromatic N) is 3. The first-order valence-corrected chi connectivity index (χ1v) is 13.1. The molecule has 1 saturated heterocycles. The zero-order valence-electron chi connectivity index (χ0n) is 18.6. The van der Waals surface area contributed by atoms with Gasteiger partial charge in [-0.2, -0.15) is 4.31 Å². The van der Waals surface area contributed by atoms with Gasteiger partial charge in [-0.05, 0) is 49.4 Å². The molecule has 9 nitrogen and oxygen atoms in total. The van der Waals surface area contributed by atoms with Crippen molar-refractivity contribution in [2.24, 2.45) is 0 Å². The lowest BCUT2D eigenvalue weighted by Gasteiger charge is -2.34. The van der Waals surface area contributed by atoms with Gasteiger partial charge in [0.05, 0.1) is 11.5 Å². The van der Waals surface area contributed by atoms with Gasteiger partial charge in [-0.15, -0.1) is 0 Å². The Balaban J connectivity index is 1.73. The lowest BCUT2D eigenvalue weighted by atomic mass is 10.2. The smallest absolute Gasteiger partial charge is 0.253 e. The molecule has 1 aliphatic rings. The molecule has 3 rings (SSSR count). The number of rotatable bonds is 7. The largest absolute Gasteiger partial charge is 0.494 e. The maximum Gasteiger partial charge on any atom is 0.253 e. The van der Waals surface area contributed by atoms with E-state index in [0.717, 1.165) is 16.4 Å². The summed E-state index contributed by atoms with van der Waals surface area (Å²) in [5.74, 6) is -0.878. The molecule has 0 aromatic heterocycles. The molecule has 0 spiro atoms. The molecule has 0 bridgehead atoms. The molecule has 0 atom stereocenters. The third kappa shape index (κ3) is 5.18. The van der Waals surface area contributed by atoms with Gasteiger partial charge in [0.15, 0.2) is 0 Å². The van der Waals surface area contributed by atoms with Crippen molar-refractivity contribution >= 4 is 26.0 Å². The van der Waals surface area contributed by atoms with Gasteiger partial charge < -0.3 is 9.64 Å². The van der Waals surface area contributed by atoms with Crippen LogP contribution in [0.25, 0.3) is 0 Å². The first kappa shape index (κ1) is 25.1. The van der Waals surface area contributed by atoms with Crippen molar-refractivity contribution in [3.8, 4) is 5.75 Å². The Kier molecular flexibility index (Phi) is 7.42. The molecule has 2 aromatic rings. The predicted octanol–water partition coefficient (Wildman–Crippen LogP) is 1.62. The van der Waals surface area contributed by atoms with Crippen molar-refractivity contribution in [1.29, 1.82) is 0 Å². The van der Waals surface area contributed by atoms with Crippen molar-refractivity contribution in [1.82, 2.24) is 13.5 Å². The third-order valence-electron chi connectivity index (χ3n) is 5.24. The van der Waals surface area contributed by atoms with Crippen LogP contribution in [-0.4, -0.2) is 83.1 Å². The number of sulfonamides is 2. The number of amides is 1. The fraction of sp³-hybridized carbons (Fsp3) is 0.381. The van der Waals surface area contributed by atoms with Gasteiger partial charge >= 0.3 is 0 Å². The highest BCUT2D eigenvalue weighted by molar-refractivity contribution is 7.89. The zero-order chi connectivity index (χ0) is 24.4. The van der Waals surface area contributed by atoms with Gasteiger partial charge in [-0.3, -0.25) is 4.79 Å². The number of hydrogen-bond donors (Lipinski definition) is 0. The Labute approximate surface area is 193 Å². The quantitative estimate of drug-likeness (QED) is 0.574. The van der Waals surface area contributed by atoms with E-state index in [0.29, 0.717) is 12.4 Å². The second kappa shape index (κ2) is 9.75. The lowest BCUT2D eigenvalue weighted by molar-refractivity contribution is 0.0697. The Bertz CT molecular complexity index is 1220. The van der Waals surface area contributed by atoms with Gasteiger partial charge in [0, 0.05) is 45.8 Å². The molecular formula is C21H26FN3O6S2.